The van der Waals surface area contributed by atoms with Crippen molar-refractivity contribution in [3.63, 3.8) is 0 Å². The molecule has 0 amide bonds. The molecule has 3 nitrogen and oxygen atoms in total. The van der Waals surface area contributed by atoms with Gasteiger partial charge in [-0.15, -0.1) is 0 Å². The van der Waals surface area contributed by atoms with Crippen molar-refractivity contribution in [2.75, 3.05) is 5.73 Å². The van der Waals surface area contributed by atoms with E-state index in [4.69, 9.17) is 5.73 Å². The molecule has 0 bridgehead atoms. The van der Waals surface area contributed by atoms with Crippen LogP contribution in [0.25, 0.3) is 0 Å². The van der Waals surface area contributed by atoms with Crippen LogP contribution in [0.3, 0.4) is 0 Å². The van der Waals surface area contributed by atoms with Crippen LogP contribution in [0.4, 0.5) is 5.82 Å². The molecule has 0 unspecified atom stereocenters. The maximum Gasteiger partial charge on any atom is 0.168 e. The Hall–Kier alpha value is -1.68. The van der Waals surface area contributed by atoms with Gasteiger partial charge >= 0.3 is 0 Å². The zero-order valence-corrected chi connectivity index (χ0v) is 11.6. The number of aryl methyl sites for hydroxylation is 1. The summed E-state index contributed by atoms with van der Waals surface area (Å²) in [6.45, 7) is 1.99. The lowest BCUT2D eigenvalue weighted by atomic mass is 10.0. The summed E-state index contributed by atoms with van der Waals surface area (Å²) in [5, 5.41) is 0. The largest absolute Gasteiger partial charge is 0.384 e. The van der Waals surface area contributed by atoms with E-state index in [-0.39, 0.29) is 5.78 Å². The van der Waals surface area contributed by atoms with Gasteiger partial charge in [0.05, 0.1) is 0 Å². The number of nitrogens with zero attached hydrogens (tertiary/aromatic N) is 1. The second kappa shape index (κ2) is 5.31. The quantitative estimate of drug-likeness (QED) is 0.886. The predicted octanol–water partition coefficient (Wildman–Crippen LogP) is 3.16. The highest BCUT2D eigenvalue weighted by Crippen LogP contribution is 2.20. The third-order valence-electron chi connectivity index (χ3n) is 2.64. The molecule has 1 aromatic carbocycles. The van der Waals surface area contributed by atoms with Gasteiger partial charge in [-0.05, 0) is 42.3 Å². The van der Waals surface area contributed by atoms with Gasteiger partial charge in [0.1, 0.15) is 5.82 Å². The Balaban J connectivity index is 2.22. The Morgan fingerprint density at radius 3 is 2.78 bits per heavy atom. The van der Waals surface area contributed by atoms with Crippen molar-refractivity contribution in [1.29, 1.82) is 0 Å². The number of benzene rings is 1. The number of anilines is 1. The maximum absolute atomic E-state index is 12.2. The minimum absolute atomic E-state index is 0.0625. The summed E-state index contributed by atoms with van der Waals surface area (Å²) in [4.78, 5) is 16.1. The van der Waals surface area contributed by atoms with Gasteiger partial charge in [0.15, 0.2) is 5.78 Å². The molecular formula is C14H13BrN2O. The molecule has 18 heavy (non-hydrogen) atoms. The lowest BCUT2D eigenvalue weighted by Gasteiger charge is -2.05. The summed E-state index contributed by atoms with van der Waals surface area (Å²) in [6.07, 6.45) is 1.94. The van der Waals surface area contributed by atoms with E-state index in [1.807, 2.05) is 25.1 Å². The van der Waals surface area contributed by atoms with Crippen molar-refractivity contribution in [1.82, 2.24) is 4.98 Å². The monoisotopic (exact) mass is 304 g/mol. The summed E-state index contributed by atoms with van der Waals surface area (Å²) < 4.78 is 0.828. The molecule has 92 valence electrons. The fourth-order valence-electron chi connectivity index (χ4n) is 1.73. The zero-order chi connectivity index (χ0) is 13.1. The van der Waals surface area contributed by atoms with Crippen LogP contribution in [0.2, 0.25) is 0 Å². The van der Waals surface area contributed by atoms with E-state index in [9.17, 15) is 4.79 Å². The number of pyridine rings is 1. The fraction of sp³-hybridized carbons (Fsp3) is 0.143. The number of carbonyl (C=O) groups excluding carboxylic acids is 1. The number of Topliss-reactive ketones (excluding diaryl/α,β-unsaturated/α-hetero) is 1. The number of hydrogen-bond donors (Lipinski definition) is 1. The zero-order valence-electron chi connectivity index (χ0n) is 9.98. The minimum Gasteiger partial charge on any atom is -0.384 e. The van der Waals surface area contributed by atoms with Crippen LogP contribution in [0.5, 0.6) is 0 Å². The molecule has 0 aliphatic carbocycles. The second-order valence-electron chi connectivity index (χ2n) is 4.17. The molecule has 0 aliphatic heterocycles. The van der Waals surface area contributed by atoms with E-state index in [2.05, 4.69) is 20.9 Å². The average molecular weight is 305 g/mol. The smallest absolute Gasteiger partial charge is 0.168 e. The lowest BCUT2D eigenvalue weighted by Crippen LogP contribution is -2.05. The lowest BCUT2D eigenvalue weighted by molar-refractivity contribution is 0.0992. The molecule has 2 aromatic rings. The molecule has 0 spiro atoms. The highest BCUT2D eigenvalue weighted by atomic mass is 79.9. The van der Waals surface area contributed by atoms with Gasteiger partial charge in [-0.25, -0.2) is 4.98 Å². The minimum atomic E-state index is 0.0625. The van der Waals surface area contributed by atoms with E-state index in [0.717, 1.165) is 15.6 Å². The molecule has 1 aromatic heterocycles. The van der Waals surface area contributed by atoms with Gasteiger partial charge < -0.3 is 5.73 Å². The Morgan fingerprint density at radius 1 is 1.33 bits per heavy atom. The van der Waals surface area contributed by atoms with E-state index in [0.29, 0.717) is 17.8 Å². The molecule has 0 radical (unpaired) electrons. The van der Waals surface area contributed by atoms with E-state index >= 15 is 0 Å². The maximum atomic E-state index is 12.2. The van der Waals surface area contributed by atoms with Crippen LogP contribution in [0.1, 0.15) is 21.5 Å². The summed E-state index contributed by atoms with van der Waals surface area (Å²) in [5.41, 5.74) is 8.27. The Morgan fingerprint density at radius 2 is 2.11 bits per heavy atom. The van der Waals surface area contributed by atoms with Crippen molar-refractivity contribution >= 4 is 27.5 Å². The van der Waals surface area contributed by atoms with Crippen LogP contribution in [0.15, 0.2) is 41.0 Å². The van der Waals surface area contributed by atoms with Gasteiger partial charge in [-0.2, -0.15) is 0 Å². The molecule has 2 rings (SSSR count). The van der Waals surface area contributed by atoms with Crippen molar-refractivity contribution in [2.45, 2.75) is 13.3 Å². The van der Waals surface area contributed by atoms with Crippen molar-refractivity contribution < 1.29 is 4.79 Å². The fourth-order valence-corrected chi connectivity index (χ4v) is 2.45. The van der Waals surface area contributed by atoms with Gasteiger partial charge in [0.2, 0.25) is 0 Å². The first-order valence-corrected chi connectivity index (χ1v) is 6.35. The van der Waals surface area contributed by atoms with Crippen LogP contribution in [0, 0.1) is 6.92 Å². The van der Waals surface area contributed by atoms with Gasteiger partial charge in [-0.1, -0.05) is 22.0 Å². The Bertz CT molecular complexity index is 596. The number of carbonyl (C=O) groups is 1. The number of nitrogen functional groups attached to an aromatic ring is 1. The molecule has 0 fully saturated rings. The summed E-state index contributed by atoms with van der Waals surface area (Å²) in [5.74, 6) is 0.496. The van der Waals surface area contributed by atoms with Crippen molar-refractivity contribution in [3.8, 4) is 0 Å². The Kier molecular flexibility index (Phi) is 3.77. The van der Waals surface area contributed by atoms with Crippen molar-refractivity contribution in [2.24, 2.45) is 0 Å². The van der Waals surface area contributed by atoms with E-state index in [1.165, 1.54) is 0 Å². The molecule has 0 atom stereocenters. The third kappa shape index (κ3) is 2.96. The molecule has 2 N–H and O–H groups in total. The standard InChI is InChI=1S/C14H13BrN2O/c1-9-2-3-11(12(15)6-9)13(18)7-10-4-5-17-14(16)8-10/h2-6,8H,7H2,1H3,(H2,16,17). The number of nitrogens with two attached hydrogens (primary N) is 1. The van der Waals surface area contributed by atoms with Crippen molar-refractivity contribution in [3.05, 3.63) is 57.7 Å². The highest BCUT2D eigenvalue weighted by Gasteiger charge is 2.11. The first-order chi connectivity index (χ1) is 8.56. The number of hydrogen-bond acceptors (Lipinski definition) is 3. The van der Waals surface area contributed by atoms with E-state index < -0.39 is 0 Å². The van der Waals surface area contributed by atoms with Crippen LogP contribution < -0.4 is 5.73 Å². The Labute approximate surface area is 114 Å². The summed E-state index contributed by atoms with van der Waals surface area (Å²) in [6, 6.07) is 9.23. The molecule has 1 heterocycles. The number of halogens is 1. The normalized spacial score (nSPS) is 10.3. The SMILES string of the molecule is Cc1ccc(C(=O)Cc2ccnc(N)c2)c(Br)c1. The van der Waals surface area contributed by atoms with Gasteiger partial charge in [0.25, 0.3) is 0 Å². The summed E-state index contributed by atoms with van der Waals surface area (Å²) in [7, 11) is 0. The molecule has 0 saturated carbocycles. The molecule has 4 heteroatoms. The second-order valence-corrected chi connectivity index (χ2v) is 5.03. The first kappa shape index (κ1) is 12.8. The van der Waals surface area contributed by atoms with Gasteiger partial charge in [0, 0.05) is 22.7 Å². The molecular weight excluding hydrogens is 292 g/mol. The van der Waals surface area contributed by atoms with E-state index in [1.54, 1.807) is 18.3 Å². The number of ketones is 1. The van der Waals surface area contributed by atoms with Crippen LogP contribution in [-0.4, -0.2) is 10.8 Å². The topological polar surface area (TPSA) is 56.0 Å². The average Bonchev–Trinajstić information content (AvgIpc) is 2.28. The third-order valence-corrected chi connectivity index (χ3v) is 3.29. The first-order valence-electron chi connectivity index (χ1n) is 5.56. The summed E-state index contributed by atoms with van der Waals surface area (Å²) >= 11 is 3.42. The highest BCUT2D eigenvalue weighted by molar-refractivity contribution is 9.10. The number of aromatic nitrogens is 1. The van der Waals surface area contributed by atoms with Crippen LogP contribution in [-0.2, 0) is 6.42 Å². The molecule has 0 aliphatic rings. The molecule has 0 saturated heterocycles. The number of rotatable bonds is 3. The predicted molar refractivity (Wildman–Crippen MR) is 75.6 cm³/mol. The van der Waals surface area contributed by atoms with Crippen LogP contribution >= 0.6 is 15.9 Å². The van der Waals surface area contributed by atoms with Gasteiger partial charge in [-0.3, -0.25) is 4.79 Å².